The first-order valence-electron chi connectivity index (χ1n) is 6.98. The molecule has 3 aromatic rings. The van der Waals surface area contributed by atoms with Gasteiger partial charge in [0.25, 0.3) is 0 Å². The van der Waals surface area contributed by atoms with Crippen molar-refractivity contribution in [3.63, 3.8) is 0 Å². The van der Waals surface area contributed by atoms with Gasteiger partial charge in [-0.05, 0) is 23.9 Å². The number of benzene rings is 1. The number of nitrogens with one attached hydrogen (secondary N) is 2. The summed E-state index contributed by atoms with van der Waals surface area (Å²) in [5.41, 5.74) is 0.959. The number of nitrogens with zero attached hydrogens (tertiary/aromatic N) is 2. The second-order valence-corrected chi connectivity index (χ2v) is 5.98. The summed E-state index contributed by atoms with van der Waals surface area (Å²) in [5, 5.41) is 12.0. The van der Waals surface area contributed by atoms with Crippen LogP contribution in [-0.2, 0) is 11.2 Å². The van der Waals surface area contributed by atoms with E-state index in [1.807, 2.05) is 54.8 Å². The van der Waals surface area contributed by atoms with Crippen molar-refractivity contribution in [1.82, 2.24) is 20.5 Å². The summed E-state index contributed by atoms with van der Waals surface area (Å²) >= 11 is 1.58. The third kappa shape index (κ3) is 3.40. The molecule has 1 amide bonds. The number of aromatic amines is 1. The van der Waals surface area contributed by atoms with Crippen LogP contribution in [0.2, 0.25) is 0 Å². The zero-order valence-corrected chi connectivity index (χ0v) is 12.9. The Kier molecular flexibility index (Phi) is 4.29. The zero-order valence-electron chi connectivity index (χ0n) is 12.1. The number of carbonyl (C=O) groups excluding carboxylic acids is 1. The van der Waals surface area contributed by atoms with Gasteiger partial charge < -0.3 is 5.32 Å². The Balaban J connectivity index is 1.81. The Morgan fingerprint density at radius 2 is 2.09 bits per heavy atom. The van der Waals surface area contributed by atoms with Crippen molar-refractivity contribution in [3.05, 3.63) is 69.9 Å². The highest BCUT2D eigenvalue weighted by atomic mass is 32.1. The fraction of sp³-hybridized carbons (Fsp3) is 0.188. The van der Waals surface area contributed by atoms with E-state index in [0.717, 1.165) is 16.3 Å². The number of rotatable bonds is 5. The monoisotopic (exact) mass is 312 g/mol. The number of hydrogen-bond donors (Lipinski definition) is 2. The second-order valence-electron chi connectivity index (χ2n) is 4.95. The molecular formula is C16H16N4OS. The Bertz CT molecular complexity index is 737. The molecule has 22 heavy (non-hydrogen) atoms. The molecule has 0 fully saturated rings. The van der Waals surface area contributed by atoms with Gasteiger partial charge in [-0.2, -0.15) is 5.10 Å². The molecule has 6 heteroatoms. The number of thiophene rings is 1. The van der Waals surface area contributed by atoms with Crippen LogP contribution in [0.25, 0.3) is 0 Å². The predicted molar refractivity (Wildman–Crippen MR) is 85.6 cm³/mol. The van der Waals surface area contributed by atoms with Crippen LogP contribution >= 0.6 is 11.3 Å². The fourth-order valence-corrected chi connectivity index (χ4v) is 2.92. The zero-order chi connectivity index (χ0) is 15.4. The fourth-order valence-electron chi connectivity index (χ4n) is 2.21. The highest BCUT2D eigenvalue weighted by Crippen LogP contribution is 2.19. The van der Waals surface area contributed by atoms with Crippen molar-refractivity contribution in [1.29, 1.82) is 0 Å². The average Bonchev–Trinajstić information content (AvgIpc) is 3.17. The molecular weight excluding hydrogens is 296 g/mol. The molecule has 0 aliphatic heterocycles. The first-order chi connectivity index (χ1) is 10.7. The van der Waals surface area contributed by atoms with E-state index in [4.69, 9.17) is 0 Å². The number of amides is 1. The van der Waals surface area contributed by atoms with Gasteiger partial charge in [0.05, 0.1) is 6.42 Å². The number of aromatic nitrogens is 3. The van der Waals surface area contributed by atoms with Gasteiger partial charge in [0, 0.05) is 4.88 Å². The SMILES string of the molecule is Cc1nc(C(NC(=O)Cc2cccs2)c2ccccc2)n[nH]1. The molecule has 2 heterocycles. The third-order valence-electron chi connectivity index (χ3n) is 3.23. The molecule has 0 saturated carbocycles. The van der Waals surface area contributed by atoms with Crippen LogP contribution in [0.15, 0.2) is 47.8 Å². The minimum atomic E-state index is -0.349. The molecule has 1 aromatic carbocycles. The summed E-state index contributed by atoms with van der Waals surface area (Å²) in [4.78, 5) is 17.7. The largest absolute Gasteiger partial charge is 0.342 e. The lowest BCUT2D eigenvalue weighted by atomic mass is 10.1. The van der Waals surface area contributed by atoms with Crippen LogP contribution in [0, 0.1) is 6.92 Å². The molecule has 0 aliphatic carbocycles. The summed E-state index contributed by atoms with van der Waals surface area (Å²) in [5.74, 6) is 1.26. The lowest BCUT2D eigenvalue weighted by Crippen LogP contribution is -2.31. The summed E-state index contributed by atoms with van der Waals surface area (Å²) in [6.45, 7) is 1.84. The summed E-state index contributed by atoms with van der Waals surface area (Å²) < 4.78 is 0. The first-order valence-corrected chi connectivity index (χ1v) is 7.86. The van der Waals surface area contributed by atoms with E-state index in [2.05, 4.69) is 20.5 Å². The molecule has 0 radical (unpaired) electrons. The van der Waals surface area contributed by atoms with E-state index < -0.39 is 0 Å². The molecule has 1 atom stereocenters. The van der Waals surface area contributed by atoms with E-state index in [9.17, 15) is 4.79 Å². The van der Waals surface area contributed by atoms with Gasteiger partial charge in [0.2, 0.25) is 5.91 Å². The van der Waals surface area contributed by atoms with Crippen molar-refractivity contribution >= 4 is 17.2 Å². The van der Waals surface area contributed by atoms with E-state index >= 15 is 0 Å². The highest BCUT2D eigenvalue weighted by Gasteiger charge is 2.20. The van der Waals surface area contributed by atoms with Crippen molar-refractivity contribution in [2.24, 2.45) is 0 Å². The first kappa shape index (κ1) is 14.5. The van der Waals surface area contributed by atoms with Crippen LogP contribution in [0.5, 0.6) is 0 Å². The second kappa shape index (κ2) is 6.53. The molecule has 0 saturated heterocycles. The van der Waals surface area contributed by atoms with Crippen LogP contribution in [0.4, 0.5) is 0 Å². The molecule has 0 spiro atoms. The number of carbonyl (C=O) groups is 1. The Morgan fingerprint density at radius 3 is 2.73 bits per heavy atom. The lowest BCUT2D eigenvalue weighted by molar-refractivity contribution is -0.120. The van der Waals surface area contributed by atoms with Gasteiger partial charge in [-0.3, -0.25) is 9.89 Å². The molecule has 3 rings (SSSR count). The minimum Gasteiger partial charge on any atom is -0.342 e. The van der Waals surface area contributed by atoms with Gasteiger partial charge in [0.15, 0.2) is 5.82 Å². The van der Waals surface area contributed by atoms with E-state index in [-0.39, 0.29) is 11.9 Å². The van der Waals surface area contributed by atoms with Crippen molar-refractivity contribution in [2.45, 2.75) is 19.4 Å². The van der Waals surface area contributed by atoms with Gasteiger partial charge in [-0.15, -0.1) is 11.3 Å². The third-order valence-corrected chi connectivity index (χ3v) is 4.10. The quantitative estimate of drug-likeness (QED) is 0.761. The maximum absolute atomic E-state index is 12.3. The van der Waals surface area contributed by atoms with Gasteiger partial charge in [-0.25, -0.2) is 4.98 Å². The molecule has 0 bridgehead atoms. The smallest absolute Gasteiger partial charge is 0.226 e. The van der Waals surface area contributed by atoms with Crippen molar-refractivity contribution in [3.8, 4) is 0 Å². The molecule has 0 aliphatic rings. The topological polar surface area (TPSA) is 70.7 Å². The molecule has 5 nitrogen and oxygen atoms in total. The van der Waals surface area contributed by atoms with Crippen molar-refractivity contribution in [2.75, 3.05) is 0 Å². The van der Waals surface area contributed by atoms with Crippen LogP contribution < -0.4 is 5.32 Å². The number of hydrogen-bond acceptors (Lipinski definition) is 4. The maximum Gasteiger partial charge on any atom is 0.226 e. The lowest BCUT2D eigenvalue weighted by Gasteiger charge is -2.16. The molecule has 2 aromatic heterocycles. The standard InChI is InChI=1S/C16H16N4OS/c1-11-17-16(20-19-11)15(12-6-3-2-4-7-12)18-14(21)10-13-8-5-9-22-13/h2-9,15H,10H2,1H3,(H,18,21)(H,17,19,20). The molecule has 1 unspecified atom stereocenters. The van der Waals surface area contributed by atoms with E-state index in [1.165, 1.54) is 0 Å². The number of H-pyrrole nitrogens is 1. The summed E-state index contributed by atoms with van der Waals surface area (Å²) in [7, 11) is 0. The van der Waals surface area contributed by atoms with Gasteiger partial charge >= 0.3 is 0 Å². The Hall–Kier alpha value is -2.47. The van der Waals surface area contributed by atoms with Crippen LogP contribution in [0.1, 0.15) is 28.1 Å². The van der Waals surface area contributed by atoms with Gasteiger partial charge in [-0.1, -0.05) is 36.4 Å². The average molecular weight is 312 g/mol. The summed E-state index contributed by atoms with van der Waals surface area (Å²) in [6.07, 6.45) is 0.365. The highest BCUT2D eigenvalue weighted by molar-refractivity contribution is 7.10. The molecule has 2 N–H and O–H groups in total. The summed E-state index contributed by atoms with van der Waals surface area (Å²) in [6, 6.07) is 13.3. The Labute approximate surface area is 132 Å². The predicted octanol–water partition coefficient (Wildman–Crippen LogP) is 2.62. The van der Waals surface area contributed by atoms with Crippen LogP contribution in [-0.4, -0.2) is 21.1 Å². The normalized spacial score (nSPS) is 12.0. The Morgan fingerprint density at radius 1 is 1.27 bits per heavy atom. The van der Waals surface area contributed by atoms with E-state index in [0.29, 0.717) is 12.2 Å². The van der Waals surface area contributed by atoms with Crippen molar-refractivity contribution < 1.29 is 4.79 Å². The maximum atomic E-state index is 12.3. The minimum absolute atomic E-state index is 0.0428. The van der Waals surface area contributed by atoms with Gasteiger partial charge in [0.1, 0.15) is 11.9 Å². The molecule has 112 valence electrons. The van der Waals surface area contributed by atoms with Crippen LogP contribution in [0.3, 0.4) is 0 Å². The van der Waals surface area contributed by atoms with E-state index in [1.54, 1.807) is 11.3 Å². The number of aryl methyl sites for hydroxylation is 1.